The molecule has 0 aliphatic heterocycles. The van der Waals surface area contributed by atoms with Crippen molar-refractivity contribution in [2.45, 2.75) is 58.0 Å². The Morgan fingerprint density at radius 3 is 2.09 bits per heavy atom. The van der Waals surface area contributed by atoms with Crippen LogP contribution in [0, 0.1) is 0 Å². The van der Waals surface area contributed by atoms with Gasteiger partial charge in [0.1, 0.15) is 0 Å². The van der Waals surface area contributed by atoms with Crippen LogP contribution in [0.15, 0.2) is 0 Å². The molecule has 0 amide bonds. The third-order valence-corrected chi connectivity index (χ3v) is 3.76. The van der Waals surface area contributed by atoms with E-state index in [4.69, 9.17) is 0 Å². The molecule has 0 saturated heterocycles. The van der Waals surface area contributed by atoms with Gasteiger partial charge in [0.15, 0.2) is 0 Å². The summed E-state index contributed by atoms with van der Waals surface area (Å²) >= 11 is 0. The Balaban J connectivity index is 2.80. The SMILES string of the molecule is CCCCCCCC[Si](C)[Si]. The maximum absolute atomic E-state index is 3.71. The topological polar surface area (TPSA) is 0 Å². The molecule has 11 heavy (non-hydrogen) atoms. The van der Waals surface area contributed by atoms with Gasteiger partial charge in [0.2, 0.25) is 0 Å². The van der Waals surface area contributed by atoms with Gasteiger partial charge in [0.05, 0.1) is 0 Å². The highest BCUT2D eigenvalue weighted by atomic mass is 29.1. The molecule has 0 rings (SSSR count). The van der Waals surface area contributed by atoms with Crippen LogP contribution in [0.3, 0.4) is 0 Å². The fraction of sp³-hybridized carbons (Fsp3) is 1.00. The van der Waals surface area contributed by atoms with E-state index in [2.05, 4.69) is 23.2 Å². The van der Waals surface area contributed by atoms with Gasteiger partial charge in [-0.1, -0.05) is 58.0 Å². The first-order valence-electron chi connectivity index (χ1n) is 4.81. The highest BCUT2D eigenvalue weighted by Crippen LogP contribution is 2.07. The summed E-state index contributed by atoms with van der Waals surface area (Å²) < 4.78 is 0. The van der Waals surface area contributed by atoms with Gasteiger partial charge >= 0.3 is 0 Å². The minimum absolute atomic E-state index is 0.122. The van der Waals surface area contributed by atoms with Crippen molar-refractivity contribution < 1.29 is 0 Å². The summed E-state index contributed by atoms with van der Waals surface area (Å²) in [6, 6.07) is 1.44. The maximum Gasteiger partial charge on any atom is 0.0271 e. The van der Waals surface area contributed by atoms with Crippen LogP contribution >= 0.6 is 0 Å². The standard InChI is InChI=1S/C9H20Si2/c1-3-4-5-6-7-8-9-11(2)10/h3-9H2,1-2H3. The van der Waals surface area contributed by atoms with Crippen LogP contribution in [0.5, 0.6) is 0 Å². The molecule has 0 aromatic heterocycles. The molecule has 0 aromatic rings. The molecule has 0 fully saturated rings. The second-order valence-electron chi connectivity index (χ2n) is 3.30. The molecule has 0 aliphatic carbocycles. The third kappa shape index (κ3) is 10.4. The molecule has 0 N–H and O–H groups in total. The zero-order valence-corrected chi connectivity index (χ0v) is 9.95. The molecule has 0 bridgehead atoms. The minimum Gasteiger partial charge on any atom is -0.0738 e. The zero-order chi connectivity index (χ0) is 8.53. The Kier molecular flexibility index (Phi) is 8.87. The Bertz CT molecular complexity index is 72.0. The van der Waals surface area contributed by atoms with E-state index in [1.54, 1.807) is 0 Å². The second-order valence-corrected chi connectivity index (χ2v) is 7.92. The van der Waals surface area contributed by atoms with E-state index in [9.17, 15) is 0 Å². The average molecular weight is 184 g/mol. The lowest BCUT2D eigenvalue weighted by Gasteiger charge is -2.01. The smallest absolute Gasteiger partial charge is 0.0271 e. The molecule has 4 radical (unpaired) electrons. The van der Waals surface area contributed by atoms with Gasteiger partial charge in [-0.15, -0.1) is 0 Å². The van der Waals surface area contributed by atoms with Gasteiger partial charge in [-0.2, -0.15) is 0 Å². The number of hydrogen-bond donors (Lipinski definition) is 0. The Hall–Kier alpha value is 0.434. The molecule has 64 valence electrons. The van der Waals surface area contributed by atoms with Crippen molar-refractivity contribution in [1.82, 2.24) is 0 Å². The first kappa shape index (κ1) is 11.4. The Labute approximate surface area is 76.6 Å². The minimum atomic E-state index is -0.122. The van der Waals surface area contributed by atoms with Crippen molar-refractivity contribution in [1.29, 1.82) is 0 Å². The highest BCUT2D eigenvalue weighted by Gasteiger charge is 1.95. The van der Waals surface area contributed by atoms with Crippen molar-refractivity contribution in [3.05, 3.63) is 0 Å². The van der Waals surface area contributed by atoms with Crippen LogP contribution in [0.25, 0.3) is 0 Å². The molecule has 0 spiro atoms. The summed E-state index contributed by atoms with van der Waals surface area (Å²) in [5.41, 5.74) is 0. The lowest BCUT2D eigenvalue weighted by Crippen LogP contribution is -2.04. The number of unbranched alkanes of at least 4 members (excludes halogenated alkanes) is 5. The van der Waals surface area contributed by atoms with Gasteiger partial charge in [-0.25, -0.2) is 0 Å². The van der Waals surface area contributed by atoms with Crippen LogP contribution in [0.4, 0.5) is 0 Å². The molecule has 0 saturated carbocycles. The predicted molar refractivity (Wildman–Crippen MR) is 55.6 cm³/mol. The summed E-state index contributed by atoms with van der Waals surface area (Å²) in [5.74, 6) is 0. The molecule has 0 aliphatic rings. The van der Waals surface area contributed by atoms with E-state index in [1.807, 2.05) is 0 Å². The normalized spacial score (nSPS) is 10.9. The number of hydrogen-bond acceptors (Lipinski definition) is 0. The third-order valence-electron chi connectivity index (χ3n) is 1.91. The van der Waals surface area contributed by atoms with Crippen LogP contribution in [-0.4, -0.2) is 18.1 Å². The zero-order valence-electron chi connectivity index (χ0n) is 7.95. The molecule has 0 unspecified atom stereocenters. The molecular formula is C9H20Si2. The lowest BCUT2D eigenvalue weighted by atomic mass is 10.1. The van der Waals surface area contributed by atoms with Crippen LogP contribution < -0.4 is 0 Å². The first-order valence-corrected chi connectivity index (χ1v) is 8.52. The predicted octanol–water partition coefficient (Wildman–Crippen LogP) is 3.14. The number of rotatable bonds is 7. The van der Waals surface area contributed by atoms with E-state index in [0.717, 1.165) is 0 Å². The molecule has 0 atom stereocenters. The van der Waals surface area contributed by atoms with E-state index in [1.165, 1.54) is 44.6 Å². The van der Waals surface area contributed by atoms with Gasteiger partial charge < -0.3 is 0 Å². The van der Waals surface area contributed by atoms with Gasteiger partial charge in [-0.3, -0.25) is 0 Å². The van der Waals surface area contributed by atoms with Crippen LogP contribution in [-0.2, 0) is 0 Å². The summed E-state index contributed by atoms with van der Waals surface area (Å²) in [6.07, 6.45) is 8.59. The summed E-state index contributed by atoms with van der Waals surface area (Å²) in [5, 5.41) is 0. The van der Waals surface area contributed by atoms with Crippen molar-refractivity contribution in [2.75, 3.05) is 0 Å². The van der Waals surface area contributed by atoms with Crippen LogP contribution in [0.1, 0.15) is 45.4 Å². The van der Waals surface area contributed by atoms with Gasteiger partial charge in [0, 0.05) is 18.1 Å². The largest absolute Gasteiger partial charge is 0.0738 e. The molecule has 0 heterocycles. The van der Waals surface area contributed by atoms with Gasteiger partial charge in [0.25, 0.3) is 0 Å². The molecule has 2 heteroatoms. The van der Waals surface area contributed by atoms with Crippen molar-refractivity contribution in [3.63, 3.8) is 0 Å². The van der Waals surface area contributed by atoms with E-state index in [-0.39, 0.29) is 8.31 Å². The van der Waals surface area contributed by atoms with Gasteiger partial charge in [-0.05, 0) is 0 Å². The maximum atomic E-state index is 3.71. The van der Waals surface area contributed by atoms with E-state index >= 15 is 0 Å². The van der Waals surface area contributed by atoms with Crippen molar-refractivity contribution >= 4 is 18.1 Å². The Morgan fingerprint density at radius 1 is 1.00 bits per heavy atom. The monoisotopic (exact) mass is 184 g/mol. The quantitative estimate of drug-likeness (QED) is 0.421. The summed E-state index contributed by atoms with van der Waals surface area (Å²) in [7, 11) is 3.58. The summed E-state index contributed by atoms with van der Waals surface area (Å²) in [4.78, 5) is 0. The fourth-order valence-corrected chi connectivity index (χ4v) is 2.48. The Morgan fingerprint density at radius 2 is 1.55 bits per heavy atom. The lowest BCUT2D eigenvalue weighted by molar-refractivity contribution is 0.624. The average Bonchev–Trinajstić information content (AvgIpc) is 1.96. The molecule has 0 aromatic carbocycles. The van der Waals surface area contributed by atoms with Crippen molar-refractivity contribution in [2.24, 2.45) is 0 Å². The molecular weight excluding hydrogens is 164 g/mol. The van der Waals surface area contributed by atoms with E-state index in [0.29, 0.717) is 0 Å². The van der Waals surface area contributed by atoms with Crippen LogP contribution in [0.2, 0.25) is 12.6 Å². The molecule has 0 nitrogen and oxygen atoms in total. The first-order chi connectivity index (χ1) is 5.27. The highest BCUT2D eigenvalue weighted by molar-refractivity contribution is 7.02. The fourth-order valence-electron chi connectivity index (χ4n) is 1.17. The second kappa shape index (κ2) is 8.53. The summed E-state index contributed by atoms with van der Waals surface area (Å²) in [6.45, 7) is 4.60. The van der Waals surface area contributed by atoms with Crippen molar-refractivity contribution in [3.8, 4) is 0 Å². The van der Waals surface area contributed by atoms with E-state index < -0.39 is 0 Å².